The standard InChI is InChI=1S/C24H30/c1-24-15-6-11-22(24)20-13-12-18-9-5-10-19(17-7-3-2-4-8-17)23(18)21(20)14-16-24/h2-4,7-9,19-20,22H,5-6,10-16H2,1H3/t19?,20-,22+,24+/m1/s1. The predicted octanol–water partition coefficient (Wildman–Crippen LogP) is 6.80. The van der Waals surface area contributed by atoms with Crippen LogP contribution < -0.4 is 0 Å². The van der Waals surface area contributed by atoms with Gasteiger partial charge >= 0.3 is 0 Å². The molecule has 0 spiro atoms. The summed E-state index contributed by atoms with van der Waals surface area (Å²) in [6, 6.07) is 11.4. The van der Waals surface area contributed by atoms with E-state index in [2.05, 4.69) is 43.3 Å². The molecule has 2 fully saturated rings. The normalized spacial score (nSPS) is 38.2. The van der Waals surface area contributed by atoms with Crippen molar-refractivity contribution in [1.82, 2.24) is 0 Å². The Morgan fingerprint density at radius 2 is 1.83 bits per heavy atom. The molecular weight excluding hydrogens is 288 g/mol. The van der Waals surface area contributed by atoms with Gasteiger partial charge in [-0.3, -0.25) is 0 Å². The molecule has 0 aliphatic heterocycles. The molecule has 4 aliphatic carbocycles. The summed E-state index contributed by atoms with van der Waals surface area (Å²) in [6.07, 6.45) is 15.2. The zero-order valence-corrected chi connectivity index (χ0v) is 15.1. The Bertz CT molecular complexity index is 692. The van der Waals surface area contributed by atoms with Gasteiger partial charge in [-0.25, -0.2) is 0 Å². The van der Waals surface area contributed by atoms with Gasteiger partial charge in [0, 0.05) is 5.92 Å². The summed E-state index contributed by atoms with van der Waals surface area (Å²) in [7, 11) is 0. The number of rotatable bonds is 1. The summed E-state index contributed by atoms with van der Waals surface area (Å²) in [5.41, 5.74) is 7.64. The van der Waals surface area contributed by atoms with Crippen LogP contribution in [0.25, 0.3) is 0 Å². The zero-order chi connectivity index (χ0) is 16.1. The molecular formula is C24H30. The lowest BCUT2D eigenvalue weighted by molar-refractivity contribution is 0.118. The van der Waals surface area contributed by atoms with E-state index in [9.17, 15) is 0 Å². The third-order valence-electron chi connectivity index (χ3n) is 7.87. The molecule has 1 aromatic carbocycles. The smallest absolute Gasteiger partial charge is 0.00945 e. The van der Waals surface area contributed by atoms with E-state index in [4.69, 9.17) is 0 Å². The molecule has 0 bridgehead atoms. The first-order valence-electron chi connectivity index (χ1n) is 10.2. The first-order chi connectivity index (χ1) is 11.8. The highest BCUT2D eigenvalue weighted by Crippen LogP contribution is 2.61. The maximum absolute atomic E-state index is 2.60. The second-order valence-electron chi connectivity index (χ2n) is 9.01. The van der Waals surface area contributed by atoms with E-state index in [0.29, 0.717) is 11.3 Å². The van der Waals surface area contributed by atoms with E-state index in [1.807, 2.05) is 5.57 Å². The highest BCUT2D eigenvalue weighted by Gasteiger charge is 2.49. The Morgan fingerprint density at radius 1 is 0.958 bits per heavy atom. The van der Waals surface area contributed by atoms with Gasteiger partial charge in [0.15, 0.2) is 0 Å². The van der Waals surface area contributed by atoms with Gasteiger partial charge < -0.3 is 0 Å². The van der Waals surface area contributed by atoms with Gasteiger partial charge in [0.2, 0.25) is 0 Å². The van der Waals surface area contributed by atoms with Crippen molar-refractivity contribution in [3.63, 3.8) is 0 Å². The maximum Gasteiger partial charge on any atom is 0.00945 e. The second kappa shape index (κ2) is 5.61. The van der Waals surface area contributed by atoms with Crippen molar-refractivity contribution < 1.29 is 0 Å². The monoisotopic (exact) mass is 318 g/mol. The molecule has 24 heavy (non-hydrogen) atoms. The molecule has 4 atom stereocenters. The van der Waals surface area contributed by atoms with Crippen LogP contribution in [0.1, 0.15) is 76.2 Å². The molecule has 126 valence electrons. The van der Waals surface area contributed by atoms with Crippen molar-refractivity contribution in [3.05, 3.63) is 58.7 Å². The summed E-state index contributed by atoms with van der Waals surface area (Å²) in [5.74, 6) is 2.56. The van der Waals surface area contributed by atoms with Crippen molar-refractivity contribution in [2.24, 2.45) is 17.3 Å². The number of allylic oxidation sites excluding steroid dienone is 4. The van der Waals surface area contributed by atoms with E-state index in [1.165, 1.54) is 57.8 Å². The average Bonchev–Trinajstić information content (AvgIpc) is 3.03. The molecule has 0 heterocycles. The topological polar surface area (TPSA) is 0 Å². The van der Waals surface area contributed by atoms with Crippen LogP contribution in [0.15, 0.2) is 53.1 Å². The lowest BCUT2D eigenvalue weighted by atomic mass is 9.56. The number of hydrogen-bond acceptors (Lipinski definition) is 0. The van der Waals surface area contributed by atoms with Gasteiger partial charge in [0.1, 0.15) is 0 Å². The van der Waals surface area contributed by atoms with Gasteiger partial charge in [-0.05, 0) is 85.3 Å². The Labute approximate surface area is 147 Å². The molecule has 0 radical (unpaired) electrons. The Morgan fingerprint density at radius 3 is 2.71 bits per heavy atom. The zero-order valence-electron chi connectivity index (χ0n) is 15.1. The minimum absolute atomic E-state index is 0.660. The fourth-order valence-electron chi connectivity index (χ4n) is 6.71. The van der Waals surface area contributed by atoms with Crippen molar-refractivity contribution in [2.45, 2.75) is 70.6 Å². The molecule has 0 amide bonds. The molecule has 1 unspecified atom stereocenters. The summed E-state index contributed by atoms with van der Waals surface area (Å²) in [5, 5.41) is 0. The lowest BCUT2D eigenvalue weighted by Crippen LogP contribution is -2.37. The summed E-state index contributed by atoms with van der Waals surface area (Å²) in [4.78, 5) is 0. The third-order valence-corrected chi connectivity index (χ3v) is 7.87. The van der Waals surface area contributed by atoms with Crippen molar-refractivity contribution >= 4 is 0 Å². The second-order valence-corrected chi connectivity index (χ2v) is 9.01. The highest BCUT2D eigenvalue weighted by molar-refractivity contribution is 5.49. The Balaban J connectivity index is 1.60. The van der Waals surface area contributed by atoms with E-state index < -0.39 is 0 Å². The average molecular weight is 319 g/mol. The summed E-state index contributed by atoms with van der Waals surface area (Å²) < 4.78 is 0. The van der Waals surface area contributed by atoms with Crippen LogP contribution in [-0.4, -0.2) is 0 Å². The first kappa shape index (κ1) is 15.0. The van der Waals surface area contributed by atoms with Gasteiger partial charge in [-0.2, -0.15) is 0 Å². The van der Waals surface area contributed by atoms with Crippen molar-refractivity contribution in [1.29, 1.82) is 0 Å². The Kier molecular flexibility index (Phi) is 3.51. The molecule has 0 saturated heterocycles. The summed E-state index contributed by atoms with van der Waals surface area (Å²) >= 11 is 0. The third kappa shape index (κ3) is 2.18. The minimum Gasteiger partial charge on any atom is -0.0810 e. The lowest BCUT2D eigenvalue weighted by Gasteiger charge is -2.48. The van der Waals surface area contributed by atoms with Crippen LogP contribution in [0.5, 0.6) is 0 Å². The molecule has 5 rings (SSSR count). The molecule has 1 aromatic rings. The SMILES string of the molecule is C[C@@]12CCC[C@H]1[C@@H]1CCC3=CCCC(c4ccccc4)C3=C1CC2. The van der Waals surface area contributed by atoms with Gasteiger partial charge in [0.25, 0.3) is 0 Å². The predicted molar refractivity (Wildman–Crippen MR) is 101 cm³/mol. The van der Waals surface area contributed by atoms with Crippen molar-refractivity contribution in [2.75, 3.05) is 0 Å². The van der Waals surface area contributed by atoms with E-state index in [-0.39, 0.29) is 0 Å². The van der Waals surface area contributed by atoms with E-state index in [1.54, 1.807) is 16.7 Å². The molecule has 4 aliphatic rings. The van der Waals surface area contributed by atoms with Gasteiger partial charge in [0.05, 0.1) is 0 Å². The molecule has 0 N–H and O–H groups in total. The number of hydrogen-bond donors (Lipinski definition) is 0. The highest BCUT2D eigenvalue weighted by atomic mass is 14.5. The van der Waals surface area contributed by atoms with Crippen LogP contribution in [0.4, 0.5) is 0 Å². The molecule has 2 saturated carbocycles. The van der Waals surface area contributed by atoms with E-state index in [0.717, 1.165) is 11.8 Å². The fraction of sp³-hybridized carbons (Fsp3) is 0.583. The number of benzene rings is 1. The Hall–Kier alpha value is -1.30. The molecule has 0 heteroatoms. The fourth-order valence-corrected chi connectivity index (χ4v) is 6.71. The van der Waals surface area contributed by atoms with Crippen LogP contribution in [0, 0.1) is 17.3 Å². The van der Waals surface area contributed by atoms with Crippen molar-refractivity contribution in [3.8, 4) is 0 Å². The van der Waals surface area contributed by atoms with E-state index >= 15 is 0 Å². The maximum atomic E-state index is 2.60. The first-order valence-corrected chi connectivity index (χ1v) is 10.2. The summed E-state index contributed by atoms with van der Waals surface area (Å²) in [6.45, 7) is 2.60. The van der Waals surface area contributed by atoms with Crippen LogP contribution in [0.3, 0.4) is 0 Å². The van der Waals surface area contributed by atoms with Gasteiger partial charge in [-0.1, -0.05) is 55.3 Å². The van der Waals surface area contributed by atoms with Crippen LogP contribution in [-0.2, 0) is 0 Å². The largest absolute Gasteiger partial charge is 0.0810 e. The quantitative estimate of drug-likeness (QED) is 0.534. The van der Waals surface area contributed by atoms with Crippen LogP contribution >= 0.6 is 0 Å². The van der Waals surface area contributed by atoms with Crippen LogP contribution in [0.2, 0.25) is 0 Å². The molecule has 0 nitrogen and oxygen atoms in total. The van der Waals surface area contributed by atoms with Gasteiger partial charge in [-0.15, -0.1) is 0 Å². The minimum atomic E-state index is 0.660. The number of fused-ring (bicyclic) bond motifs is 4. The molecule has 0 aromatic heterocycles.